The number of carbonyl (C=O) groups excluding carboxylic acids is 2. The largest absolute Gasteiger partial charge is 0.390 e. The zero-order valence-electron chi connectivity index (χ0n) is 9.31. The fraction of sp³-hybridized carbons (Fsp3) is 0.273. The van der Waals surface area contributed by atoms with E-state index in [-0.39, 0.29) is 6.54 Å². The van der Waals surface area contributed by atoms with E-state index in [9.17, 15) is 19.1 Å². The number of nitrogens with one attached hydrogen (secondary N) is 3. The van der Waals surface area contributed by atoms with Crippen molar-refractivity contribution in [3.63, 3.8) is 0 Å². The van der Waals surface area contributed by atoms with Gasteiger partial charge in [0, 0.05) is 6.54 Å². The zero-order valence-corrected chi connectivity index (χ0v) is 9.31. The van der Waals surface area contributed by atoms with Crippen LogP contribution in [0.15, 0.2) is 24.3 Å². The van der Waals surface area contributed by atoms with Crippen LogP contribution in [0.25, 0.3) is 0 Å². The molecule has 1 aromatic carbocycles. The average molecular weight is 253 g/mol. The van der Waals surface area contributed by atoms with Crippen LogP contribution in [0.3, 0.4) is 0 Å². The van der Waals surface area contributed by atoms with Gasteiger partial charge >= 0.3 is 0 Å². The normalized spacial score (nSPS) is 22.4. The molecular formula is C11H12FN3O3. The molecule has 0 aliphatic carbocycles. The number of carbonyl (C=O) groups is 2. The predicted molar refractivity (Wildman–Crippen MR) is 60.7 cm³/mol. The SMILES string of the molecule is O=C1NCC(O)C1C(=O)NNc1cccc(F)c1. The smallest absolute Gasteiger partial charge is 0.253 e. The molecule has 0 spiro atoms. The second-order valence-electron chi connectivity index (χ2n) is 3.91. The Balaban J connectivity index is 1.94. The highest BCUT2D eigenvalue weighted by Crippen LogP contribution is 2.11. The number of hydrogen-bond donors (Lipinski definition) is 4. The Morgan fingerprint density at radius 1 is 1.50 bits per heavy atom. The Bertz CT molecular complexity index is 480. The lowest BCUT2D eigenvalue weighted by atomic mass is 10.1. The van der Waals surface area contributed by atoms with Gasteiger partial charge < -0.3 is 10.4 Å². The van der Waals surface area contributed by atoms with Gasteiger partial charge in [0.1, 0.15) is 11.7 Å². The lowest BCUT2D eigenvalue weighted by Gasteiger charge is -2.13. The maximum absolute atomic E-state index is 12.9. The molecule has 0 bridgehead atoms. The Morgan fingerprint density at radius 3 is 2.89 bits per heavy atom. The summed E-state index contributed by atoms with van der Waals surface area (Å²) < 4.78 is 12.9. The summed E-state index contributed by atoms with van der Waals surface area (Å²) >= 11 is 0. The van der Waals surface area contributed by atoms with E-state index >= 15 is 0 Å². The number of benzene rings is 1. The summed E-state index contributed by atoms with van der Waals surface area (Å²) in [5, 5.41) is 11.8. The number of halogens is 1. The minimum absolute atomic E-state index is 0.0525. The molecule has 2 amide bonds. The summed E-state index contributed by atoms with van der Waals surface area (Å²) in [5.74, 6) is -2.79. The molecule has 1 aromatic rings. The minimum atomic E-state index is -1.15. The van der Waals surface area contributed by atoms with E-state index < -0.39 is 29.7 Å². The molecule has 2 unspecified atom stereocenters. The average Bonchev–Trinajstić information content (AvgIpc) is 2.66. The fourth-order valence-electron chi connectivity index (χ4n) is 1.68. The quantitative estimate of drug-likeness (QED) is 0.427. The summed E-state index contributed by atoms with van der Waals surface area (Å²) in [6.45, 7) is 0.0525. The minimum Gasteiger partial charge on any atom is -0.390 e. The molecule has 2 atom stereocenters. The van der Waals surface area contributed by atoms with E-state index in [1.807, 2.05) is 0 Å². The van der Waals surface area contributed by atoms with Crippen molar-refractivity contribution in [1.82, 2.24) is 10.7 Å². The summed E-state index contributed by atoms with van der Waals surface area (Å²) in [5.41, 5.74) is 5.07. The Hall–Kier alpha value is -2.15. The highest BCUT2D eigenvalue weighted by atomic mass is 19.1. The van der Waals surface area contributed by atoms with Crippen LogP contribution >= 0.6 is 0 Å². The first-order valence-electron chi connectivity index (χ1n) is 5.35. The van der Waals surface area contributed by atoms with Crippen molar-refractivity contribution in [3.8, 4) is 0 Å². The second-order valence-corrected chi connectivity index (χ2v) is 3.91. The molecule has 2 rings (SSSR count). The Kier molecular flexibility index (Phi) is 3.42. The first-order valence-corrected chi connectivity index (χ1v) is 5.35. The first-order chi connectivity index (χ1) is 8.58. The third kappa shape index (κ3) is 2.57. The van der Waals surface area contributed by atoms with Crippen LogP contribution in [0.5, 0.6) is 0 Å². The first kappa shape index (κ1) is 12.3. The molecule has 1 heterocycles. The van der Waals surface area contributed by atoms with Crippen molar-refractivity contribution in [2.45, 2.75) is 6.10 Å². The van der Waals surface area contributed by atoms with E-state index in [0.29, 0.717) is 5.69 Å². The van der Waals surface area contributed by atoms with Gasteiger partial charge in [-0.2, -0.15) is 0 Å². The van der Waals surface area contributed by atoms with Crippen molar-refractivity contribution in [3.05, 3.63) is 30.1 Å². The van der Waals surface area contributed by atoms with Crippen molar-refractivity contribution in [1.29, 1.82) is 0 Å². The maximum Gasteiger partial charge on any atom is 0.253 e. The molecule has 7 heteroatoms. The number of hydrogen-bond acceptors (Lipinski definition) is 4. The van der Waals surface area contributed by atoms with Gasteiger partial charge in [-0.05, 0) is 18.2 Å². The van der Waals surface area contributed by atoms with Gasteiger partial charge in [-0.15, -0.1) is 0 Å². The van der Waals surface area contributed by atoms with Crippen molar-refractivity contribution in [2.24, 2.45) is 5.92 Å². The number of rotatable bonds is 3. The van der Waals surface area contributed by atoms with Gasteiger partial charge in [0.05, 0.1) is 11.8 Å². The predicted octanol–water partition coefficient (Wildman–Crippen LogP) is -0.624. The van der Waals surface area contributed by atoms with E-state index in [4.69, 9.17) is 0 Å². The lowest BCUT2D eigenvalue weighted by molar-refractivity contribution is -0.135. The van der Waals surface area contributed by atoms with Gasteiger partial charge in [-0.25, -0.2) is 4.39 Å². The molecule has 1 fully saturated rings. The Morgan fingerprint density at radius 2 is 2.28 bits per heavy atom. The lowest BCUT2D eigenvalue weighted by Crippen LogP contribution is -2.41. The van der Waals surface area contributed by atoms with Crippen LogP contribution in [0.1, 0.15) is 0 Å². The van der Waals surface area contributed by atoms with Crippen LogP contribution in [0.2, 0.25) is 0 Å². The molecule has 1 saturated heterocycles. The standard InChI is InChI=1S/C11H12FN3O3/c12-6-2-1-3-7(4-6)14-15-11(18)9-8(16)5-13-10(9)17/h1-4,8-9,14,16H,5H2,(H,13,17)(H,15,18). The van der Waals surface area contributed by atoms with Gasteiger partial charge in [0.2, 0.25) is 5.91 Å². The number of aliphatic hydroxyl groups is 1. The monoisotopic (exact) mass is 253 g/mol. The molecular weight excluding hydrogens is 241 g/mol. The molecule has 4 N–H and O–H groups in total. The van der Waals surface area contributed by atoms with Crippen LogP contribution in [0, 0.1) is 11.7 Å². The number of amides is 2. The second kappa shape index (κ2) is 5.01. The summed E-state index contributed by atoms with van der Waals surface area (Å²) in [6, 6.07) is 5.47. The number of β-amino-alcohol motifs (C(OH)–C–C–N with tert-alkyl or cyclic N) is 1. The van der Waals surface area contributed by atoms with Gasteiger partial charge in [0.25, 0.3) is 5.91 Å². The van der Waals surface area contributed by atoms with E-state index in [2.05, 4.69) is 16.2 Å². The maximum atomic E-state index is 12.9. The Labute approximate surface area is 102 Å². The molecule has 1 aliphatic rings. The summed E-state index contributed by atoms with van der Waals surface area (Å²) in [6.07, 6.45) is -1.05. The number of hydrazine groups is 1. The number of anilines is 1. The summed E-state index contributed by atoms with van der Waals surface area (Å²) in [7, 11) is 0. The van der Waals surface area contributed by atoms with Crippen LogP contribution < -0.4 is 16.2 Å². The fourth-order valence-corrected chi connectivity index (χ4v) is 1.68. The van der Waals surface area contributed by atoms with Gasteiger partial charge in [-0.1, -0.05) is 6.07 Å². The van der Waals surface area contributed by atoms with Crippen molar-refractivity contribution in [2.75, 3.05) is 12.0 Å². The van der Waals surface area contributed by atoms with Gasteiger partial charge in [-0.3, -0.25) is 20.4 Å². The van der Waals surface area contributed by atoms with E-state index in [1.54, 1.807) is 6.07 Å². The van der Waals surface area contributed by atoms with E-state index in [0.717, 1.165) is 0 Å². The number of aliphatic hydroxyl groups excluding tert-OH is 1. The van der Waals surface area contributed by atoms with Crippen molar-refractivity contribution < 1.29 is 19.1 Å². The molecule has 0 saturated carbocycles. The molecule has 18 heavy (non-hydrogen) atoms. The highest BCUT2D eigenvalue weighted by molar-refractivity contribution is 6.02. The molecule has 0 radical (unpaired) electrons. The zero-order chi connectivity index (χ0) is 13.1. The summed E-state index contributed by atoms with van der Waals surface area (Å²) in [4.78, 5) is 22.9. The van der Waals surface area contributed by atoms with Crippen LogP contribution in [0.4, 0.5) is 10.1 Å². The van der Waals surface area contributed by atoms with Crippen LogP contribution in [-0.2, 0) is 9.59 Å². The van der Waals surface area contributed by atoms with Crippen molar-refractivity contribution >= 4 is 17.5 Å². The van der Waals surface area contributed by atoms with Gasteiger partial charge in [0.15, 0.2) is 0 Å². The third-order valence-corrected chi connectivity index (χ3v) is 2.59. The molecule has 96 valence electrons. The van der Waals surface area contributed by atoms with Crippen LogP contribution in [-0.4, -0.2) is 29.6 Å². The molecule has 1 aliphatic heterocycles. The molecule has 6 nitrogen and oxygen atoms in total. The van der Waals surface area contributed by atoms with E-state index in [1.165, 1.54) is 18.2 Å². The third-order valence-electron chi connectivity index (χ3n) is 2.59. The topological polar surface area (TPSA) is 90.5 Å². The highest BCUT2D eigenvalue weighted by Gasteiger charge is 2.39. The molecule has 0 aromatic heterocycles.